The number of carboxylic acids is 1. The summed E-state index contributed by atoms with van der Waals surface area (Å²) in [4.78, 5) is 20.5. The average molecular weight is 460 g/mol. The Balaban J connectivity index is 1.69. The highest BCUT2D eigenvalue weighted by Gasteiger charge is 2.39. The monoisotopic (exact) mass is 459 g/mol. The van der Waals surface area contributed by atoms with Crippen molar-refractivity contribution in [3.05, 3.63) is 53.1 Å². The maximum absolute atomic E-state index is 14.4. The molecule has 1 atom stereocenters. The lowest BCUT2D eigenvalue weighted by Crippen LogP contribution is -2.60. The summed E-state index contributed by atoms with van der Waals surface area (Å²) in [7, 11) is 1.54. The van der Waals surface area contributed by atoms with E-state index < -0.39 is 17.3 Å². The third-order valence-electron chi connectivity index (χ3n) is 5.65. The summed E-state index contributed by atoms with van der Waals surface area (Å²) in [5.41, 5.74) is 0.454. The number of aliphatic carboxylic acids is 1. The maximum Gasteiger partial charge on any atom is 0.325 e. The minimum atomic E-state index is -1.06. The van der Waals surface area contributed by atoms with E-state index in [2.05, 4.69) is 25.9 Å². The van der Waals surface area contributed by atoms with E-state index in [1.165, 1.54) is 12.4 Å². The summed E-state index contributed by atoms with van der Waals surface area (Å²) < 4.78 is 19.9. The van der Waals surface area contributed by atoms with E-state index in [1.807, 2.05) is 6.07 Å². The van der Waals surface area contributed by atoms with E-state index in [1.54, 1.807) is 25.3 Å². The standard InChI is InChI=1S/C22H23ClFN5O3/c1-32-18-9-17-14(8-13(18)10-28-22(21(30)31)6-3-7-25-11-22)20(27-12-26-17)29-16-5-2-4-15(23)19(16)24/h2,4-5,8-9,12,25,28H,3,6-7,10-11H2,1H3,(H,30,31)(H,26,27,29). The molecule has 0 bridgehead atoms. The second-order valence-corrected chi connectivity index (χ2v) is 8.06. The zero-order chi connectivity index (χ0) is 22.7. The van der Waals surface area contributed by atoms with Gasteiger partial charge in [0.1, 0.15) is 23.4 Å². The van der Waals surface area contributed by atoms with Crippen LogP contribution in [-0.2, 0) is 11.3 Å². The number of aromatic nitrogens is 2. The number of hydrogen-bond acceptors (Lipinski definition) is 7. The molecule has 1 unspecified atom stereocenters. The molecule has 168 valence electrons. The summed E-state index contributed by atoms with van der Waals surface area (Å²) in [5, 5.41) is 19.8. The highest BCUT2D eigenvalue weighted by atomic mass is 35.5. The summed E-state index contributed by atoms with van der Waals surface area (Å²) >= 11 is 5.89. The summed E-state index contributed by atoms with van der Waals surface area (Å²) in [6.07, 6.45) is 2.66. The molecule has 8 nitrogen and oxygen atoms in total. The van der Waals surface area contributed by atoms with Crippen molar-refractivity contribution in [3.63, 3.8) is 0 Å². The molecule has 1 aliphatic heterocycles. The summed E-state index contributed by atoms with van der Waals surface area (Å²) in [6.45, 7) is 1.39. The van der Waals surface area contributed by atoms with Crippen molar-refractivity contribution in [1.29, 1.82) is 0 Å². The molecule has 1 aromatic heterocycles. The molecule has 2 heterocycles. The second-order valence-electron chi connectivity index (χ2n) is 7.65. The molecule has 4 rings (SSSR count). The van der Waals surface area contributed by atoms with E-state index in [-0.39, 0.29) is 17.3 Å². The van der Waals surface area contributed by atoms with Gasteiger partial charge in [-0.05, 0) is 37.6 Å². The highest BCUT2D eigenvalue weighted by Crippen LogP contribution is 2.32. The van der Waals surface area contributed by atoms with Crippen LogP contribution in [0.3, 0.4) is 0 Å². The normalized spacial score (nSPS) is 18.5. The molecule has 2 aromatic carbocycles. The number of hydrogen-bond donors (Lipinski definition) is 4. The first-order valence-corrected chi connectivity index (χ1v) is 10.5. The number of carboxylic acid groups (broad SMARTS) is 1. The molecule has 1 saturated heterocycles. The van der Waals surface area contributed by atoms with Crippen molar-refractivity contribution < 1.29 is 19.0 Å². The number of nitrogens with one attached hydrogen (secondary N) is 3. The van der Waals surface area contributed by atoms with Crippen LogP contribution in [-0.4, -0.2) is 46.8 Å². The zero-order valence-electron chi connectivity index (χ0n) is 17.4. The van der Waals surface area contributed by atoms with Crippen molar-refractivity contribution in [3.8, 4) is 5.75 Å². The minimum Gasteiger partial charge on any atom is -0.496 e. The fourth-order valence-electron chi connectivity index (χ4n) is 3.86. The van der Waals surface area contributed by atoms with Gasteiger partial charge in [-0.3, -0.25) is 10.1 Å². The van der Waals surface area contributed by atoms with Crippen molar-refractivity contribution >= 4 is 40.0 Å². The van der Waals surface area contributed by atoms with Crippen LogP contribution in [0.25, 0.3) is 10.9 Å². The lowest BCUT2D eigenvalue weighted by atomic mass is 9.90. The highest BCUT2D eigenvalue weighted by molar-refractivity contribution is 6.31. The Morgan fingerprint density at radius 2 is 2.22 bits per heavy atom. The molecule has 0 amide bonds. The Kier molecular flexibility index (Phi) is 6.40. The fourth-order valence-corrected chi connectivity index (χ4v) is 4.04. The second kappa shape index (κ2) is 9.23. The Bertz CT molecular complexity index is 1150. The van der Waals surface area contributed by atoms with E-state index in [9.17, 15) is 14.3 Å². The van der Waals surface area contributed by atoms with Gasteiger partial charge in [-0.1, -0.05) is 17.7 Å². The Morgan fingerprint density at radius 3 is 2.94 bits per heavy atom. The molecule has 0 spiro atoms. The molecule has 10 heteroatoms. The van der Waals surface area contributed by atoms with Gasteiger partial charge in [-0.15, -0.1) is 0 Å². The van der Waals surface area contributed by atoms with Crippen molar-refractivity contribution in [2.24, 2.45) is 0 Å². The number of nitrogens with zero attached hydrogens (tertiary/aromatic N) is 2. The van der Waals surface area contributed by atoms with Crippen molar-refractivity contribution in [2.75, 3.05) is 25.5 Å². The van der Waals surface area contributed by atoms with Gasteiger partial charge in [0.15, 0.2) is 5.82 Å². The van der Waals surface area contributed by atoms with Crippen LogP contribution >= 0.6 is 11.6 Å². The van der Waals surface area contributed by atoms with E-state index in [0.717, 1.165) is 18.5 Å². The number of piperidine rings is 1. The molecule has 4 N–H and O–H groups in total. The first-order valence-electron chi connectivity index (χ1n) is 10.2. The van der Waals surface area contributed by atoms with Gasteiger partial charge < -0.3 is 20.5 Å². The predicted molar refractivity (Wildman–Crippen MR) is 120 cm³/mol. The van der Waals surface area contributed by atoms with Crippen LogP contribution in [0.1, 0.15) is 18.4 Å². The number of benzene rings is 2. The van der Waals surface area contributed by atoms with E-state index in [0.29, 0.717) is 35.4 Å². The lowest BCUT2D eigenvalue weighted by molar-refractivity contribution is -0.145. The molecule has 1 fully saturated rings. The van der Waals surface area contributed by atoms with Crippen LogP contribution in [0.5, 0.6) is 5.75 Å². The van der Waals surface area contributed by atoms with E-state index in [4.69, 9.17) is 16.3 Å². The summed E-state index contributed by atoms with van der Waals surface area (Å²) in [5.74, 6) is -0.517. The van der Waals surface area contributed by atoms with Crippen LogP contribution < -0.4 is 20.7 Å². The van der Waals surface area contributed by atoms with Crippen LogP contribution in [0, 0.1) is 5.82 Å². The van der Waals surface area contributed by atoms with Gasteiger partial charge >= 0.3 is 5.97 Å². The number of methoxy groups -OCH3 is 1. The fraction of sp³-hybridized carbons (Fsp3) is 0.318. The van der Waals surface area contributed by atoms with Crippen LogP contribution in [0.2, 0.25) is 5.02 Å². The van der Waals surface area contributed by atoms with Crippen LogP contribution in [0.15, 0.2) is 36.7 Å². The zero-order valence-corrected chi connectivity index (χ0v) is 18.2. The van der Waals surface area contributed by atoms with Gasteiger partial charge in [0.2, 0.25) is 0 Å². The minimum absolute atomic E-state index is 0.0000185. The number of carbonyl (C=O) groups is 1. The number of rotatable bonds is 7. The molecule has 0 aliphatic carbocycles. The Morgan fingerprint density at radius 1 is 1.38 bits per heavy atom. The topological polar surface area (TPSA) is 108 Å². The molecule has 0 saturated carbocycles. The first-order chi connectivity index (χ1) is 15.4. The number of ether oxygens (including phenoxy) is 1. The lowest BCUT2D eigenvalue weighted by Gasteiger charge is -2.34. The molecular weight excluding hydrogens is 437 g/mol. The van der Waals surface area contributed by atoms with Gasteiger partial charge in [0, 0.05) is 30.1 Å². The van der Waals surface area contributed by atoms with Gasteiger partial charge in [0.25, 0.3) is 0 Å². The Hall–Kier alpha value is -3.01. The quantitative estimate of drug-likeness (QED) is 0.425. The average Bonchev–Trinajstić information content (AvgIpc) is 2.81. The SMILES string of the molecule is COc1cc2ncnc(Nc3cccc(Cl)c3F)c2cc1CNC1(C(=O)O)CCCNC1. The smallest absolute Gasteiger partial charge is 0.325 e. The number of fused-ring (bicyclic) bond motifs is 1. The predicted octanol–water partition coefficient (Wildman–Crippen LogP) is 3.47. The van der Waals surface area contributed by atoms with Gasteiger partial charge in [0.05, 0.1) is 23.3 Å². The Labute approximate surface area is 189 Å². The number of halogens is 2. The molecular formula is C22H23ClFN5O3. The van der Waals surface area contributed by atoms with Gasteiger partial charge in [-0.25, -0.2) is 14.4 Å². The van der Waals surface area contributed by atoms with Crippen molar-refractivity contribution in [1.82, 2.24) is 20.6 Å². The van der Waals surface area contributed by atoms with Gasteiger partial charge in [-0.2, -0.15) is 0 Å². The largest absolute Gasteiger partial charge is 0.496 e. The molecule has 1 aliphatic rings. The molecule has 0 radical (unpaired) electrons. The maximum atomic E-state index is 14.4. The molecule has 32 heavy (non-hydrogen) atoms. The first kappa shape index (κ1) is 22.2. The number of anilines is 2. The van der Waals surface area contributed by atoms with Crippen molar-refractivity contribution in [2.45, 2.75) is 24.9 Å². The van der Waals surface area contributed by atoms with E-state index >= 15 is 0 Å². The third kappa shape index (κ3) is 4.32. The molecule has 3 aromatic rings. The third-order valence-corrected chi connectivity index (χ3v) is 5.94. The van der Waals surface area contributed by atoms with Crippen LogP contribution in [0.4, 0.5) is 15.9 Å². The summed E-state index contributed by atoms with van der Waals surface area (Å²) in [6, 6.07) is 8.23.